The maximum atomic E-state index is 12.8. The summed E-state index contributed by atoms with van der Waals surface area (Å²) in [6.07, 6.45) is 4.67. The number of amides is 1. The van der Waals surface area contributed by atoms with Crippen LogP contribution in [0.5, 0.6) is 0 Å². The first-order chi connectivity index (χ1) is 15.4. The largest absolute Gasteiger partial charge is 0.352 e. The Balaban J connectivity index is 1.26. The van der Waals surface area contributed by atoms with Crippen LogP contribution in [-0.4, -0.2) is 41.5 Å². The molecular weight excluding hydrogens is 448 g/mol. The van der Waals surface area contributed by atoms with Gasteiger partial charge in [-0.3, -0.25) is 9.48 Å². The van der Waals surface area contributed by atoms with E-state index in [1.807, 2.05) is 41.2 Å². The van der Waals surface area contributed by atoms with E-state index in [1.165, 1.54) is 16.4 Å². The second-order valence-electron chi connectivity index (χ2n) is 7.87. The molecule has 32 heavy (non-hydrogen) atoms. The van der Waals surface area contributed by atoms with Crippen molar-refractivity contribution in [2.45, 2.75) is 30.8 Å². The molecule has 0 aliphatic carbocycles. The minimum atomic E-state index is -3.57. The van der Waals surface area contributed by atoms with Crippen molar-refractivity contribution in [3.05, 3.63) is 83.1 Å². The summed E-state index contributed by atoms with van der Waals surface area (Å²) in [5, 5.41) is 7.68. The van der Waals surface area contributed by atoms with Gasteiger partial charge in [0.1, 0.15) is 0 Å². The van der Waals surface area contributed by atoms with Crippen molar-refractivity contribution >= 4 is 27.5 Å². The van der Waals surface area contributed by atoms with Crippen LogP contribution in [0.1, 0.15) is 24.0 Å². The smallest absolute Gasteiger partial charge is 0.243 e. The van der Waals surface area contributed by atoms with E-state index in [4.69, 9.17) is 11.6 Å². The van der Waals surface area contributed by atoms with Crippen LogP contribution < -0.4 is 5.32 Å². The summed E-state index contributed by atoms with van der Waals surface area (Å²) in [4.78, 5) is 12.8. The van der Waals surface area contributed by atoms with Gasteiger partial charge in [-0.15, -0.1) is 0 Å². The molecule has 1 amide bonds. The van der Waals surface area contributed by atoms with Crippen molar-refractivity contribution in [3.8, 4) is 0 Å². The zero-order valence-corrected chi connectivity index (χ0v) is 19.1. The average Bonchev–Trinajstić information content (AvgIpc) is 3.32. The van der Waals surface area contributed by atoms with Crippen LogP contribution in [0.25, 0.3) is 0 Å². The molecule has 1 aliphatic heterocycles. The first-order valence-electron chi connectivity index (χ1n) is 10.5. The van der Waals surface area contributed by atoms with Crippen molar-refractivity contribution in [2.75, 3.05) is 13.1 Å². The molecule has 3 aromatic rings. The number of nitrogens with zero attached hydrogens (tertiary/aromatic N) is 3. The van der Waals surface area contributed by atoms with E-state index in [9.17, 15) is 13.2 Å². The number of hydrogen-bond donors (Lipinski definition) is 1. The lowest BCUT2D eigenvalue weighted by Crippen LogP contribution is -2.42. The molecular formula is C23H25ClN4O3S. The van der Waals surface area contributed by atoms with Crippen molar-refractivity contribution in [2.24, 2.45) is 5.92 Å². The van der Waals surface area contributed by atoms with E-state index in [-0.39, 0.29) is 16.7 Å². The Morgan fingerprint density at radius 3 is 2.31 bits per heavy atom. The molecule has 0 spiro atoms. The minimum absolute atomic E-state index is 0.0332. The van der Waals surface area contributed by atoms with Gasteiger partial charge in [0, 0.05) is 43.0 Å². The van der Waals surface area contributed by atoms with Gasteiger partial charge in [-0.1, -0.05) is 35.9 Å². The summed E-state index contributed by atoms with van der Waals surface area (Å²) in [6, 6.07) is 16.1. The molecule has 1 N–H and O–H groups in total. The van der Waals surface area contributed by atoms with Gasteiger partial charge in [-0.25, -0.2) is 8.42 Å². The highest BCUT2D eigenvalue weighted by molar-refractivity contribution is 7.89. The summed E-state index contributed by atoms with van der Waals surface area (Å²) in [6.45, 7) is 1.80. The molecule has 1 fully saturated rings. The second-order valence-corrected chi connectivity index (χ2v) is 10.2. The molecule has 2 heterocycles. The summed E-state index contributed by atoms with van der Waals surface area (Å²) < 4.78 is 28.9. The monoisotopic (exact) mass is 472 g/mol. The van der Waals surface area contributed by atoms with E-state index in [0.29, 0.717) is 44.0 Å². The average molecular weight is 473 g/mol. The predicted molar refractivity (Wildman–Crippen MR) is 123 cm³/mol. The lowest BCUT2D eigenvalue weighted by Gasteiger charge is -2.30. The molecule has 1 aromatic heterocycles. The molecule has 7 nitrogen and oxygen atoms in total. The summed E-state index contributed by atoms with van der Waals surface area (Å²) in [7, 11) is -3.57. The predicted octanol–water partition coefficient (Wildman–Crippen LogP) is 3.30. The van der Waals surface area contributed by atoms with Gasteiger partial charge < -0.3 is 5.32 Å². The number of carbonyl (C=O) groups excluding carboxylic acids is 1. The Bertz CT molecular complexity index is 1140. The SMILES string of the molecule is O=C(NCc1ccc(Cn2cccn2)cc1)C1CCN(S(=O)(=O)c2ccc(Cl)cc2)CC1. The van der Waals surface area contributed by atoms with Gasteiger partial charge in [-0.05, 0) is 54.3 Å². The van der Waals surface area contributed by atoms with E-state index < -0.39 is 10.0 Å². The highest BCUT2D eigenvalue weighted by Gasteiger charge is 2.31. The standard InChI is InChI=1S/C23H25ClN4O3S/c24-21-6-8-22(9-7-21)32(30,31)28-14-10-20(11-15-28)23(29)25-16-18-2-4-19(5-3-18)17-27-13-1-12-26-27/h1-9,12-13,20H,10-11,14-17H2,(H,25,29). The summed E-state index contributed by atoms with van der Waals surface area (Å²) in [5.74, 6) is -0.222. The zero-order chi connectivity index (χ0) is 22.6. The lowest BCUT2D eigenvalue weighted by molar-refractivity contribution is -0.126. The van der Waals surface area contributed by atoms with Crippen LogP contribution in [0, 0.1) is 5.92 Å². The number of benzene rings is 2. The van der Waals surface area contributed by atoms with Gasteiger partial charge in [0.2, 0.25) is 15.9 Å². The molecule has 2 aromatic carbocycles. The maximum Gasteiger partial charge on any atom is 0.243 e. The van der Waals surface area contributed by atoms with Gasteiger partial charge >= 0.3 is 0 Å². The highest BCUT2D eigenvalue weighted by atomic mass is 35.5. The van der Waals surface area contributed by atoms with Gasteiger partial charge in [0.05, 0.1) is 11.4 Å². The first kappa shape index (κ1) is 22.5. The molecule has 1 aliphatic rings. The number of aromatic nitrogens is 2. The van der Waals surface area contributed by atoms with Crippen molar-refractivity contribution < 1.29 is 13.2 Å². The topological polar surface area (TPSA) is 84.3 Å². The fourth-order valence-electron chi connectivity index (χ4n) is 3.79. The normalized spacial score (nSPS) is 15.5. The number of carbonyl (C=O) groups is 1. The van der Waals surface area contributed by atoms with E-state index >= 15 is 0 Å². The molecule has 1 saturated heterocycles. The maximum absolute atomic E-state index is 12.8. The highest BCUT2D eigenvalue weighted by Crippen LogP contribution is 2.25. The molecule has 0 saturated carbocycles. The quantitative estimate of drug-likeness (QED) is 0.571. The minimum Gasteiger partial charge on any atom is -0.352 e. The zero-order valence-electron chi connectivity index (χ0n) is 17.5. The number of rotatable bonds is 7. The lowest BCUT2D eigenvalue weighted by atomic mass is 9.97. The van der Waals surface area contributed by atoms with Gasteiger partial charge in [-0.2, -0.15) is 9.40 Å². The Labute approximate surface area is 193 Å². The number of hydrogen-bond acceptors (Lipinski definition) is 4. The third-order valence-electron chi connectivity index (χ3n) is 5.67. The van der Waals surface area contributed by atoms with Crippen molar-refractivity contribution in [1.82, 2.24) is 19.4 Å². The van der Waals surface area contributed by atoms with Crippen LogP contribution in [0.4, 0.5) is 0 Å². The molecule has 0 bridgehead atoms. The van der Waals surface area contributed by atoms with Gasteiger partial charge in [0.25, 0.3) is 0 Å². The third-order valence-corrected chi connectivity index (χ3v) is 7.83. The summed E-state index contributed by atoms with van der Waals surface area (Å²) in [5.41, 5.74) is 2.16. The first-order valence-corrected chi connectivity index (χ1v) is 12.3. The van der Waals surface area contributed by atoms with Crippen LogP contribution in [-0.2, 0) is 27.9 Å². The fourth-order valence-corrected chi connectivity index (χ4v) is 5.39. The Morgan fingerprint density at radius 2 is 1.69 bits per heavy atom. The van der Waals surface area contributed by atoms with Crippen molar-refractivity contribution in [3.63, 3.8) is 0 Å². The van der Waals surface area contributed by atoms with Crippen LogP contribution >= 0.6 is 11.6 Å². The Morgan fingerprint density at radius 1 is 1.03 bits per heavy atom. The fraction of sp³-hybridized carbons (Fsp3) is 0.304. The number of piperidine rings is 1. The van der Waals surface area contributed by atoms with Crippen LogP contribution in [0.2, 0.25) is 5.02 Å². The number of sulfonamides is 1. The molecule has 9 heteroatoms. The number of nitrogens with one attached hydrogen (secondary N) is 1. The van der Waals surface area contributed by atoms with E-state index in [1.54, 1.807) is 18.3 Å². The van der Waals surface area contributed by atoms with Gasteiger partial charge in [0.15, 0.2) is 0 Å². The Hall–Kier alpha value is -2.68. The van der Waals surface area contributed by atoms with E-state index in [2.05, 4.69) is 10.4 Å². The second kappa shape index (κ2) is 9.85. The van der Waals surface area contributed by atoms with E-state index in [0.717, 1.165) is 11.1 Å². The molecule has 0 radical (unpaired) electrons. The molecule has 4 rings (SSSR count). The molecule has 0 atom stereocenters. The van der Waals surface area contributed by atoms with Crippen LogP contribution in [0.3, 0.4) is 0 Å². The summed E-state index contributed by atoms with van der Waals surface area (Å²) >= 11 is 5.86. The van der Waals surface area contributed by atoms with Crippen LogP contribution in [0.15, 0.2) is 71.9 Å². The molecule has 168 valence electrons. The Kier molecular flexibility index (Phi) is 6.93. The molecule has 0 unspecified atom stereocenters. The third kappa shape index (κ3) is 5.38. The van der Waals surface area contributed by atoms with Crippen molar-refractivity contribution in [1.29, 1.82) is 0 Å². The number of halogens is 1.